The van der Waals surface area contributed by atoms with Crippen LogP contribution in [-0.2, 0) is 13.1 Å². The summed E-state index contributed by atoms with van der Waals surface area (Å²) in [7, 11) is 0. The first-order valence-electron chi connectivity index (χ1n) is 7.76. The van der Waals surface area contributed by atoms with Crippen molar-refractivity contribution in [3.05, 3.63) is 33.1 Å². The molecular weight excluding hydrogens is 254 g/mol. The Morgan fingerprint density at radius 3 is 2.70 bits per heavy atom. The van der Waals surface area contributed by atoms with Gasteiger partial charge in [-0.05, 0) is 32.2 Å². The van der Waals surface area contributed by atoms with Crippen molar-refractivity contribution in [1.82, 2.24) is 14.5 Å². The summed E-state index contributed by atoms with van der Waals surface area (Å²) in [5.74, 6) is 0. The van der Waals surface area contributed by atoms with Crippen LogP contribution in [0.1, 0.15) is 45.4 Å². The highest BCUT2D eigenvalue weighted by molar-refractivity contribution is 4.86. The van der Waals surface area contributed by atoms with E-state index in [1.165, 1.54) is 36.3 Å². The molecule has 112 valence electrons. The monoisotopic (exact) mass is 279 g/mol. The lowest BCUT2D eigenvalue weighted by molar-refractivity contribution is 0.475. The smallest absolute Gasteiger partial charge is 0.314 e. The summed E-state index contributed by atoms with van der Waals surface area (Å²) in [5.41, 5.74) is -0.372. The van der Waals surface area contributed by atoms with Crippen LogP contribution in [-0.4, -0.2) is 21.7 Å². The van der Waals surface area contributed by atoms with E-state index in [1.54, 1.807) is 10.8 Å². The Labute approximate surface area is 119 Å². The zero-order chi connectivity index (χ0) is 14.4. The molecule has 0 amide bonds. The van der Waals surface area contributed by atoms with Gasteiger partial charge in [0.2, 0.25) is 0 Å². The lowest BCUT2D eigenvalue weighted by Gasteiger charge is -2.12. The molecule has 1 saturated carbocycles. The summed E-state index contributed by atoms with van der Waals surface area (Å²) < 4.78 is 2.97. The highest BCUT2D eigenvalue weighted by atomic mass is 16.2. The van der Waals surface area contributed by atoms with Gasteiger partial charge in [0.15, 0.2) is 0 Å². The van der Waals surface area contributed by atoms with Gasteiger partial charge in [-0.15, -0.1) is 0 Å². The van der Waals surface area contributed by atoms with Crippen LogP contribution < -0.4 is 16.6 Å². The summed E-state index contributed by atoms with van der Waals surface area (Å²) in [6.07, 6.45) is 8.46. The summed E-state index contributed by atoms with van der Waals surface area (Å²) in [5, 5.41) is 3.51. The van der Waals surface area contributed by atoms with Gasteiger partial charge in [0.05, 0.1) is 0 Å². The van der Waals surface area contributed by atoms with Crippen LogP contribution in [0.5, 0.6) is 0 Å². The van der Waals surface area contributed by atoms with E-state index in [9.17, 15) is 9.59 Å². The highest BCUT2D eigenvalue weighted by Gasteiger charge is 2.13. The second-order valence-electron chi connectivity index (χ2n) is 5.57. The molecule has 2 rings (SSSR count). The molecule has 1 N–H and O–H groups in total. The largest absolute Gasteiger partial charge is 0.330 e. The molecular formula is C15H25N3O2. The second kappa shape index (κ2) is 7.43. The fourth-order valence-electron chi connectivity index (χ4n) is 2.85. The Balaban J connectivity index is 1.89. The molecule has 0 aromatic carbocycles. The van der Waals surface area contributed by atoms with Crippen LogP contribution in [0, 0.1) is 0 Å². The maximum absolute atomic E-state index is 12.1. The summed E-state index contributed by atoms with van der Waals surface area (Å²) >= 11 is 0. The number of hydrogen-bond donors (Lipinski definition) is 1. The third-order valence-corrected chi connectivity index (χ3v) is 3.95. The molecule has 1 aromatic heterocycles. The lowest BCUT2D eigenvalue weighted by atomic mass is 10.2. The summed E-state index contributed by atoms with van der Waals surface area (Å²) in [6.45, 7) is 4.06. The topological polar surface area (TPSA) is 56.0 Å². The number of nitrogens with zero attached hydrogens (tertiary/aromatic N) is 2. The van der Waals surface area contributed by atoms with Gasteiger partial charge in [-0.1, -0.05) is 19.8 Å². The number of rotatable bonds is 7. The number of hydrogen-bond acceptors (Lipinski definition) is 3. The predicted molar refractivity (Wildman–Crippen MR) is 80.1 cm³/mol. The van der Waals surface area contributed by atoms with Crippen molar-refractivity contribution in [3.63, 3.8) is 0 Å². The summed E-state index contributed by atoms with van der Waals surface area (Å²) in [6, 6.07) is 2.13. The van der Waals surface area contributed by atoms with Crippen molar-refractivity contribution >= 4 is 0 Å². The first kappa shape index (κ1) is 15.0. The van der Waals surface area contributed by atoms with E-state index in [-0.39, 0.29) is 11.2 Å². The first-order chi connectivity index (χ1) is 9.72. The number of nitrogens with one attached hydrogen (secondary N) is 1. The fraction of sp³-hybridized carbons (Fsp3) is 0.733. The molecule has 1 aliphatic rings. The fourth-order valence-corrected chi connectivity index (χ4v) is 2.85. The van der Waals surface area contributed by atoms with E-state index in [1.807, 2.05) is 6.92 Å². The van der Waals surface area contributed by atoms with E-state index in [0.29, 0.717) is 19.1 Å². The van der Waals surface area contributed by atoms with Crippen molar-refractivity contribution in [3.8, 4) is 0 Å². The zero-order valence-electron chi connectivity index (χ0n) is 12.3. The van der Waals surface area contributed by atoms with E-state index in [2.05, 4.69) is 5.32 Å². The number of aromatic nitrogens is 2. The minimum Gasteiger partial charge on any atom is -0.314 e. The predicted octanol–water partition coefficient (Wildman–Crippen LogP) is 1.34. The van der Waals surface area contributed by atoms with Crippen molar-refractivity contribution in [1.29, 1.82) is 0 Å². The Morgan fingerprint density at radius 1 is 1.25 bits per heavy atom. The standard InChI is InChI=1S/C15H25N3O2/c1-2-10-17-12-8-14(19)18(15(17)20)11-5-9-16-13-6-3-4-7-13/h8,12-13,16H,2-7,9-11H2,1H3. The van der Waals surface area contributed by atoms with Gasteiger partial charge in [0, 0.05) is 31.4 Å². The average molecular weight is 279 g/mol. The molecule has 20 heavy (non-hydrogen) atoms. The quantitative estimate of drug-likeness (QED) is 0.766. The maximum atomic E-state index is 12.1. The molecule has 0 spiro atoms. The second-order valence-corrected chi connectivity index (χ2v) is 5.57. The Morgan fingerprint density at radius 2 is 2.00 bits per heavy atom. The molecule has 0 radical (unpaired) electrons. The SMILES string of the molecule is CCCn1ccc(=O)n(CCCNC2CCCC2)c1=O. The maximum Gasteiger partial charge on any atom is 0.330 e. The van der Waals surface area contributed by atoms with Crippen LogP contribution in [0.15, 0.2) is 21.9 Å². The molecule has 1 fully saturated rings. The highest BCUT2D eigenvalue weighted by Crippen LogP contribution is 2.17. The first-order valence-corrected chi connectivity index (χ1v) is 7.76. The Kier molecular flexibility index (Phi) is 5.59. The summed E-state index contributed by atoms with van der Waals surface area (Å²) in [4.78, 5) is 23.9. The lowest BCUT2D eigenvalue weighted by Crippen LogP contribution is -2.39. The minimum atomic E-state index is -0.191. The van der Waals surface area contributed by atoms with Crippen LogP contribution in [0.2, 0.25) is 0 Å². The van der Waals surface area contributed by atoms with Gasteiger partial charge in [0.25, 0.3) is 5.56 Å². The Hall–Kier alpha value is -1.36. The molecule has 0 aliphatic heterocycles. The average Bonchev–Trinajstić information content (AvgIpc) is 2.94. The molecule has 1 heterocycles. The molecule has 0 bridgehead atoms. The third kappa shape index (κ3) is 3.82. The molecule has 0 atom stereocenters. The number of aryl methyl sites for hydroxylation is 1. The van der Waals surface area contributed by atoms with E-state index < -0.39 is 0 Å². The van der Waals surface area contributed by atoms with Gasteiger partial charge < -0.3 is 9.88 Å². The molecule has 5 nitrogen and oxygen atoms in total. The van der Waals surface area contributed by atoms with Crippen molar-refractivity contribution in [2.75, 3.05) is 6.54 Å². The van der Waals surface area contributed by atoms with Gasteiger partial charge in [0.1, 0.15) is 0 Å². The third-order valence-electron chi connectivity index (χ3n) is 3.95. The van der Waals surface area contributed by atoms with Crippen LogP contribution in [0.25, 0.3) is 0 Å². The molecule has 0 saturated heterocycles. The van der Waals surface area contributed by atoms with Crippen molar-refractivity contribution < 1.29 is 0 Å². The van der Waals surface area contributed by atoms with Crippen molar-refractivity contribution in [2.45, 2.75) is 64.6 Å². The normalized spacial score (nSPS) is 15.8. The molecule has 1 aliphatic carbocycles. The van der Waals surface area contributed by atoms with Crippen LogP contribution in [0.4, 0.5) is 0 Å². The zero-order valence-corrected chi connectivity index (χ0v) is 12.3. The molecule has 1 aromatic rings. The van der Waals surface area contributed by atoms with Gasteiger partial charge >= 0.3 is 5.69 Å². The molecule has 5 heteroatoms. The van der Waals surface area contributed by atoms with E-state index in [0.717, 1.165) is 19.4 Å². The van der Waals surface area contributed by atoms with E-state index in [4.69, 9.17) is 0 Å². The van der Waals surface area contributed by atoms with Gasteiger partial charge in [-0.3, -0.25) is 9.36 Å². The molecule has 0 unspecified atom stereocenters. The Bertz CT molecular complexity index is 527. The van der Waals surface area contributed by atoms with Crippen LogP contribution >= 0.6 is 0 Å². The van der Waals surface area contributed by atoms with Gasteiger partial charge in [-0.2, -0.15) is 0 Å². The van der Waals surface area contributed by atoms with E-state index >= 15 is 0 Å². The van der Waals surface area contributed by atoms with Crippen molar-refractivity contribution in [2.24, 2.45) is 0 Å². The van der Waals surface area contributed by atoms with Crippen LogP contribution in [0.3, 0.4) is 0 Å². The minimum absolute atomic E-state index is 0.180. The van der Waals surface area contributed by atoms with Gasteiger partial charge in [-0.25, -0.2) is 4.79 Å².